The summed E-state index contributed by atoms with van der Waals surface area (Å²) in [6.45, 7) is 7.01. The van der Waals surface area contributed by atoms with E-state index in [1.54, 1.807) is 16.4 Å². The van der Waals surface area contributed by atoms with Gasteiger partial charge in [-0.3, -0.25) is 0 Å². The number of rotatable bonds is 7. The molecule has 2 rings (SSSR count). The van der Waals surface area contributed by atoms with E-state index in [0.717, 1.165) is 25.7 Å². The molecule has 0 spiro atoms. The van der Waals surface area contributed by atoms with E-state index in [-0.39, 0.29) is 11.1 Å². The van der Waals surface area contributed by atoms with Crippen molar-refractivity contribution in [1.29, 1.82) is 0 Å². The maximum absolute atomic E-state index is 12.7. The van der Waals surface area contributed by atoms with Gasteiger partial charge in [0.15, 0.2) is 0 Å². The molecule has 1 aliphatic carbocycles. The molecule has 0 aliphatic heterocycles. The van der Waals surface area contributed by atoms with E-state index in [9.17, 15) is 8.42 Å². The van der Waals surface area contributed by atoms with Crippen LogP contribution in [0, 0.1) is 0 Å². The molecule has 6 heteroatoms. The van der Waals surface area contributed by atoms with Crippen molar-refractivity contribution in [3.05, 3.63) is 17.9 Å². The molecule has 0 bridgehead atoms. The van der Waals surface area contributed by atoms with Crippen molar-refractivity contribution >= 4 is 10.0 Å². The maximum Gasteiger partial charge on any atom is 0.276 e. The van der Waals surface area contributed by atoms with E-state index in [1.807, 2.05) is 20.8 Å². The quantitative estimate of drug-likeness (QED) is 0.840. The van der Waals surface area contributed by atoms with Crippen LogP contribution in [0.2, 0.25) is 0 Å². The van der Waals surface area contributed by atoms with E-state index < -0.39 is 10.0 Å². The molecule has 0 unspecified atom stereocenters. The summed E-state index contributed by atoms with van der Waals surface area (Å²) in [5, 5.41) is 3.29. The number of nitrogens with zero attached hydrogens (tertiary/aromatic N) is 1. The van der Waals surface area contributed by atoms with Crippen LogP contribution in [0.3, 0.4) is 0 Å². The summed E-state index contributed by atoms with van der Waals surface area (Å²) in [6, 6.07) is 3.78. The molecule has 120 valence electrons. The first-order valence-corrected chi connectivity index (χ1v) is 9.23. The van der Waals surface area contributed by atoms with E-state index in [2.05, 4.69) is 5.32 Å². The fourth-order valence-corrected chi connectivity index (χ4v) is 4.46. The average Bonchev–Trinajstić information content (AvgIpc) is 3.08. The second kappa shape index (κ2) is 6.94. The summed E-state index contributed by atoms with van der Waals surface area (Å²) in [5.41, 5.74) is 0. The Balaban J connectivity index is 2.14. The molecule has 1 aliphatic rings. The number of hydrogen-bond donors (Lipinski definition) is 1. The van der Waals surface area contributed by atoms with Crippen molar-refractivity contribution in [1.82, 2.24) is 9.62 Å². The molecule has 0 amide bonds. The number of sulfonamides is 1. The van der Waals surface area contributed by atoms with Crippen LogP contribution in [0.15, 0.2) is 21.6 Å². The summed E-state index contributed by atoms with van der Waals surface area (Å²) in [6.07, 6.45) is 4.13. The number of nitrogens with one attached hydrogen (secondary N) is 1. The van der Waals surface area contributed by atoms with Crippen molar-refractivity contribution in [2.75, 3.05) is 6.54 Å². The van der Waals surface area contributed by atoms with Crippen LogP contribution >= 0.6 is 0 Å². The van der Waals surface area contributed by atoms with E-state index >= 15 is 0 Å². The first-order valence-electron chi connectivity index (χ1n) is 7.79. The molecule has 1 aromatic heterocycles. The minimum absolute atomic E-state index is 0.0665. The molecule has 1 aromatic rings. The molecule has 1 heterocycles. The van der Waals surface area contributed by atoms with Gasteiger partial charge >= 0.3 is 0 Å². The van der Waals surface area contributed by atoms with Crippen LogP contribution in [0.4, 0.5) is 0 Å². The van der Waals surface area contributed by atoms with Gasteiger partial charge in [0, 0.05) is 18.6 Å². The minimum Gasteiger partial charge on any atom is -0.447 e. The van der Waals surface area contributed by atoms with Gasteiger partial charge in [-0.1, -0.05) is 33.6 Å². The highest BCUT2D eigenvalue weighted by Crippen LogP contribution is 2.29. The lowest BCUT2D eigenvalue weighted by Gasteiger charge is -2.25. The molecule has 1 N–H and O–H groups in total. The van der Waals surface area contributed by atoms with Gasteiger partial charge in [0.25, 0.3) is 10.0 Å². The molecule has 0 saturated heterocycles. The van der Waals surface area contributed by atoms with Crippen molar-refractivity contribution in [2.24, 2.45) is 0 Å². The van der Waals surface area contributed by atoms with Gasteiger partial charge < -0.3 is 9.73 Å². The largest absolute Gasteiger partial charge is 0.447 e. The van der Waals surface area contributed by atoms with Crippen LogP contribution < -0.4 is 5.32 Å². The van der Waals surface area contributed by atoms with Crippen LogP contribution in [0.25, 0.3) is 0 Å². The van der Waals surface area contributed by atoms with Gasteiger partial charge in [0.1, 0.15) is 5.76 Å². The zero-order valence-electron chi connectivity index (χ0n) is 13.1. The molecule has 5 nitrogen and oxygen atoms in total. The highest BCUT2D eigenvalue weighted by Gasteiger charge is 2.33. The first-order chi connectivity index (χ1) is 9.95. The number of hydrogen-bond acceptors (Lipinski definition) is 4. The second-order valence-electron chi connectivity index (χ2n) is 5.90. The second-order valence-corrected chi connectivity index (χ2v) is 7.72. The Morgan fingerprint density at radius 1 is 1.33 bits per heavy atom. The average molecular weight is 314 g/mol. The molecular weight excluding hydrogens is 288 g/mol. The highest BCUT2D eigenvalue weighted by atomic mass is 32.2. The topological polar surface area (TPSA) is 62.6 Å². The normalized spacial score (nSPS) is 17.2. The Bertz CT molecular complexity index is 545. The van der Waals surface area contributed by atoms with Gasteiger partial charge in [-0.05, 0) is 25.0 Å². The molecule has 1 fully saturated rings. The fourth-order valence-electron chi connectivity index (χ4n) is 2.83. The Kier molecular flexibility index (Phi) is 5.46. The van der Waals surface area contributed by atoms with Crippen LogP contribution in [-0.4, -0.2) is 31.4 Å². The maximum atomic E-state index is 12.7. The molecule has 1 saturated carbocycles. The first kappa shape index (κ1) is 16.5. The predicted molar refractivity (Wildman–Crippen MR) is 82.5 cm³/mol. The smallest absolute Gasteiger partial charge is 0.276 e. The minimum atomic E-state index is -3.51. The Labute approximate surface area is 127 Å². The molecule has 0 atom stereocenters. The standard InChI is InChI=1S/C15H26N2O3S/c1-4-17(13-7-5-6-8-13)21(18,19)15-10-9-14(20-15)11-16-12(2)3/h9-10,12-13,16H,4-8,11H2,1-3H3. The van der Waals surface area contributed by atoms with Crippen molar-refractivity contribution in [2.45, 2.75) is 70.2 Å². The van der Waals surface area contributed by atoms with Crippen molar-refractivity contribution in [3.8, 4) is 0 Å². The Morgan fingerprint density at radius 3 is 2.57 bits per heavy atom. The van der Waals surface area contributed by atoms with Crippen LogP contribution in [-0.2, 0) is 16.6 Å². The third-order valence-electron chi connectivity index (χ3n) is 3.93. The fraction of sp³-hybridized carbons (Fsp3) is 0.733. The van der Waals surface area contributed by atoms with Crippen molar-refractivity contribution < 1.29 is 12.8 Å². The van der Waals surface area contributed by atoms with Gasteiger partial charge in [-0.2, -0.15) is 4.31 Å². The van der Waals surface area contributed by atoms with Crippen molar-refractivity contribution in [3.63, 3.8) is 0 Å². The summed E-state index contributed by atoms with van der Waals surface area (Å²) in [4.78, 5) is 0. The third-order valence-corrected chi connectivity index (χ3v) is 5.83. The lowest BCUT2D eigenvalue weighted by atomic mass is 10.2. The third kappa shape index (κ3) is 3.87. The molecular formula is C15H26N2O3S. The zero-order chi connectivity index (χ0) is 15.5. The SMILES string of the molecule is CCN(C1CCCC1)S(=O)(=O)c1ccc(CNC(C)C)o1. The zero-order valence-corrected chi connectivity index (χ0v) is 13.9. The van der Waals surface area contributed by atoms with Crippen LogP contribution in [0.1, 0.15) is 52.2 Å². The predicted octanol–water partition coefficient (Wildman–Crippen LogP) is 2.73. The molecule has 0 aromatic carbocycles. The Hall–Kier alpha value is -0.850. The van der Waals surface area contributed by atoms with Crippen LogP contribution in [0.5, 0.6) is 0 Å². The Morgan fingerprint density at radius 2 is 2.00 bits per heavy atom. The summed E-state index contributed by atoms with van der Waals surface area (Å²) in [5.74, 6) is 0.657. The lowest BCUT2D eigenvalue weighted by molar-refractivity contribution is 0.316. The highest BCUT2D eigenvalue weighted by molar-refractivity contribution is 7.89. The lowest BCUT2D eigenvalue weighted by Crippen LogP contribution is -2.38. The summed E-state index contributed by atoms with van der Waals surface area (Å²) >= 11 is 0. The number of furan rings is 1. The summed E-state index contributed by atoms with van der Waals surface area (Å²) < 4.78 is 32.6. The van der Waals surface area contributed by atoms with Gasteiger partial charge in [0.05, 0.1) is 6.54 Å². The monoisotopic (exact) mass is 314 g/mol. The molecule has 0 radical (unpaired) electrons. The summed E-state index contributed by atoms with van der Waals surface area (Å²) in [7, 11) is -3.51. The van der Waals surface area contributed by atoms with Gasteiger partial charge in [0.2, 0.25) is 5.09 Å². The van der Waals surface area contributed by atoms with Gasteiger partial charge in [-0.15, -0.1) is 0 Å². The van der Waals surface area contributed by atoms with E-state index in [0.29, 0.717) is 24.9 Å². The van der Waals surface area contributed by atoms with Gasteiger partial charge in [-0.25, -0.2) is 8.42 Å². The van der Waals surface area contributed by atoms with E-state index in [1.165, 1.54) is 0 Å². The van der Waals surface area contributed by atoms with E-state index in [4.69, 9.17) is 4.42 Å². The molecule has 21 heavy (non-hydrogen) atoms.